The predicted octanol–water partition coefficient (Wildman–Crippen LogP) is 5.52. The van der Waals surface area contributed by atoms with E-state index in [1.54, 1.807) is 61.4 Å². The number of imidazole rings is 1. The Morgan fingerprint density at radius 1 is 1.07 bits per heavy atom. The lowest BCUT2D eigenvalue weighted by molar-refractivity contribution is -0.647. The highest BCUT2D eigenvalue weighted by atomic mass is 32.2. The molecule has 14 heteroatoms. The van der Waals surface area contributed by atoms with Crippen LogP contribution in [0.1, 0.15) is 11.4 Å². The van der Waals surface area contributed by atoms with Crippen LogP contribution in [0.15, 0.2) is 72.0 Å². The van der Waals surface area contributed by atoms with Crippen LogP contribution < -0.4 is 14.4 Å². The first kappa shape index (κ1) is 29.4. The van der Waals surface area contributed by atoms with Crippen LogP contribution in [0.2, 0.25) is 0 Å². The molecular weight excluding hydrogens is 560 g/mol. The Kier molecular flexibility index (Phi) is 7.89. The first-order valence-electron chi connectivity index (χ1n) is 11.7. The number of hydrogen-bond donors (Lipinski definition) is 0. The van der Waals surface area contributed by atoms with Crippen molar-refractivity contribution in [2.45, 2.75) is 23.8 Å². The molecule has 0 saturated carbocycles. The third kappa shape index (κ3) is 5.78. The number of halogens is 6. The average molecular weight is 587 g/mol. The van der Waals surface area contributed by atoms with Crippen molar-refractivity contribution in [3.63, 3.8) is 0 Å². The van der Waals surface area contributed by atoms with Gasteiger partial charge in [-0.15, -0.1) is 0 Å². The minimum Gasteiger partial charge on any atom is -0.329 e. The van der Waals surface area contributed by atoms with Crippen LogP contribution in [0.4, 0.5) is 37.7 Å². The molecule has 0 spiro atoms. The fraction of sp³-hybridized carbons (Fsp3) is 0.269. The number of rotatable bonds is 7. The van der Waals surface area contributed by atoms with Gasteiger partial charge in [-0.1, -0.05) is 12.7 Å². The van der Waals surface area contributed by atoms with Gasteiger partial charge < -0.3 is 9.80 Å². The van der Waals surface area contributed by atoms with Crippen LogP contribution in [0, 0.1) is 0 Å². The van der Waals surface area contributed by atoms with E-state index in [2.05, 4.69) is 6.58 Å². The van der Waals surface area contributed by atoms with Gasteiger partial charge in [-0.2, -0.15) is 35.7 Å². The van der Waals surface area contributed by atoms with E-state index in [1.165, 1.54) is 28.8 Å². The molecule has 0 amide bonds. The normalized spacial score (nSPS) is 16.1. The van der Waals surface area contributed by atoms with E-state index >= 15 is 0 Å². The monoisotopic (exact) mass is 586 g/mol. The molecule has 1 aliphatic rings. The van der Waals surface area contributed by atoms with Gasteiger partial charge >= 0.3 is 12.4 Å². The molecule has 40 heavy (non-hydrogen) atoms. The topological polar surface area (TPSA) is 44.8 Å². The minimum atomic E-state index is -4.71. The highest BCUT2D eigenvalue weighted by molar-refractivity contribution is 7.80. The van der Waals surface area contributed by atoms with E-state index in [0.29, 0.717) is 16.4 Å². The van der Waals surface area contributed by atoms with Crippen molar-refractivity contribution in [1.29, 1.82) is 0 Å². The Morgan fingerprint density at radius 2 is 1.77 bits per heavy atom. The van der Waals surface area contributed by atoms with Crippen LogP contribution in [-0.2, 0) is 35.1 Å². The molecule has 1 aliphatic heterocycles. The van der Waals surface area contributed by atoms with Crippen molar-refractivity contribution in [2.24, 2.45) is 7.05 Å². The maximum Gasteiger partial charge on any atom is 0.426 e. The molecule has 0 N–H and O–H groups in total. The maximum absolute atomic E-state index is 13.5. The summed E-state index contributed by atoms with van der Waals surface area (Å²) < 4.78 is 100. The number of anilines is 2. The largest absolute Gasteiger partial charge is 0.426 e. The molecule has 1 atom stereocenters. The van der Waals surface area contributed by atoms with Gasteiger partial charge in [-0.05, 0) is 36.4 Å². The number of hydrogen-bond acceptors (Lipinski definition) is 5. The van der Waals surface area contributed by atoms with Gasteiger partial charge in [0.1, 0.15) is 5.82 Å². The standard InChI is InChI=1S/C26H26F6N5O2S/c1-6-36-20-13-11-18(40(38)39-33(2)3)15-21(20)35(5)23(36)8-7-9-24-34(4)19-12-10-17(26(30,31)32)14-22(19)37(24)16-25(27,28)29/h6-15H,1,16H2,2-5H3/q+1. The Labute approximate surface area is 229 Å². The lowest BCUT2D eigenvalue weighted by Gasteiger charge is -2.18. The molecule has 214 valence electrons. The zero-order chi connectivity index (χ0) is 29.6. The Morgan fingerprint density at radius 3 is 2.38 bits per heavy atom. The van der Waals surface area contributed by atoms with E-state index in [4.69, 9.17) is 4.28 Å². The van der Waals surface area contributed by atoms with Gasteiger partial charge in [0.2, 0.25) is 11.1 Å². The predicted molar refractivity (Wildman–Crippen MR) is 140 cm³/mol. The summed E-state index contributed by atoms with van der Waals surface area (Å²) >= 11 is -1.75. The Balaban J connectivity index is 1.75. The molecule has 2 heterocycles. The number of aromatic nitrogens is 2. The molecule has 0 aliphatic carbocycles. The average Bonchev–Trinajstić information content (AvgIpc) is 3.27. The molecule has 1 unspecified atom stereocenters. The van der Waals surface area contributed by atoms with E-state index < -0.39 is 35.5 Å². The molecule has 3 aromatic rings. The molecule has 0 bridgehead atoms. The number of aryl methyl sites for hydroxylation is 1. The maximum atomic E-state index is 13.5. The van der Waals surface area contributed by atoms with Crippen molar-refractivity contribution in [1.82, 2.24) is 9.63 Å². The van der Waals surface area contributed by atoms with Crippen molar-refractivity contribution in [2.75, 3.05) is 30.9 Å². The SMILES string of the molecule is C=CN1/C(=C\C=C\c2n(CC(F)(F)F)c3cc(C(F)(F)F)ccc3[n+]2C)N(C)c2cc(S(=O)ON(C)C)ccc21. The second kappa shape index (κ2) is 10.7. The van der Waals surface area contributed by atoms with Crippen LogP contribution in [0.25, 0.3) is 17.1 Å². The molecule has 7 nitrogen and oxygen atoms in total. The van der Waals surface area contributed by atoms with Gasteiger partial charge in [0.15, 0.2) is 17.6 Å². The molecule has 1 aromatic heterocycles. The lowest BCUT2D eigenvalue weighted by Crippen LogP contribution is -2.32. The third-order valence-corrected chi connectivity index (χ3v) is 7.23. The number of hydroxylamine groups is 2. The van der Waals surface area contributed by atoms with Gasteiger partial charge in [-0.25, -0.2) is 13.3 Å². The second-order valence-electron chi connectivity index (χ2n) is 9.09. The molecule has 2 aromatic carbocycles. The highest BCUT2D eigenvalue weighted by Crippen LogP contribution is 2.42. The number of benzene rings is 2. The Bertz CT molecular complexity index is 1540. The van der Waals surface area contributed by atoms with E-state index in [-0.39, 0.29) is 16.9 Å². The molecule has 0 radical (unpaired) electrons. The van der Waals surface area contributed by atoms with Crippen LogP contribution in [-0.4, -0.2) is 41.2 Å². The summed E-state index contributed by atoms with van der Waals surface area (Å²) in [5.74, 6) is 0.628. The van der Waals surface area contributed by atoms with Gasteiger partial charge in [0.05, 0.1) is 28.9 Å². The summed E-state index contributed by atoms with van der Waals surface area (Å²) in [7, 11) is 6.45. The summed E-state index contributed by atoms with van der Waals surface area (Å²) in [5, 5.41) is 1.32. The fourth-order valence-corrected chi connectivity index (χ4v) is 5.19. The quantitative estimate of drug-likeness (QED) is 0.207. The van der Waals surface area contributed by atoms with Gasteiger partial charge in [0, 0.05) is 39.5 Å². The third-order valence-electron chi connectivity index (χ3n) is 6.15. The summed E-state index contributed by atoms with van der Waals surface area (Å²) in [6.45, 7) is 2.36. The number of nitrogens with zero attached hydrogens (tertiary/aromatic N) is 5. The summed E-state index contributed by atoms with van der Waals surface area (Å²) in [4.78, 5) is 3.93. The van der Waals surface area contributed by atoms with Gasteiger partial charge in [-0.3, -0.25) is 0 Å². The van der Waals surface area contributed by atoms with Crippen molar-refractivity contribution in [3.05, 3.63) is 78.5 Å². The van der Waals surface area contributed by atoms with Crippen LogP contribution >= 0.6 is 0 Å². The smallest absolute Gasteiger partial charge is 0.329 e. The summed E-state index contributed by atoms with van der Waals surface area (Å²) in [5.41, 5.74) is 0.384. The van der Waals surface area contributed by atoms with Crippen LogP contribution in [0.3, 0.4) is 0 Å². The molecule has 4 rings (SSSR count). The molecule has 0 fully saturated rings. The van der Waals surface area contributed by atoms with Crippen molar-refractivity contribution < 1.29 is 39.4 Å². The zero-order valence-electron chi connectivity index (χ0n) is 21.9. The number of allylic oxidation sites excluding steroid dienone is 2. The van der Waals surface area contributed by atoms with E-state index in [1.807, 2.05) is 0 Å². The minimum absolute atomic E-state index is 0.0466. The van der Waals surface area contributed by atoms with Gasteiger partial charge in [0.25, 0.3) is 5.82 Å². The lowest BCUT2D eigenvalue weighted by atomic mass is 10.2. The second-order valence-corrected chi connectivity index (χ2v) is 10.2. The molecule has 0 saturated heterocycles. The van der Waals surface area contributed by atoms with E-state index in [9.17, 15) is 30.6 Å². The summed E-state index contributed by atoms with van der Waals surface area (Å²) in [6.07, 6.45) is -3.29. The Hall–Kier alpha value is -3.62. The molecular formula is C26H26F6N5O2S+. The first-order chi connectivity index (χ1) is 18.6. The van der Waals surface area contributed by atoms with Crippen LogP contribution in [0.5, 0.6) is 0 Å². The zero-order valence-corrected chi connectivity index (χ0v) is 22.7. The van der Waals surface area contributed by atoms with Crippen molar-refractivity contribution in [3.8, 4) is 0 Å². The van der Waals surface area contributed by atoms with E-state index in [0.717, 1.165) is 28.5 Å². The highest BCUT2D eigenvalue weighted by Gasteiger charge is 2.37. The number of alkyl halides is 6. The summed E-state index contributed by atoms with van der Waals surface area (Å²) in [6, 6.07) is 7.79. The first-order valence-corrected chi connectivity index (χ1v) is 12.8. The van der Waals surface area contributed by atoms with Crippen molar-refractivity contribution >= 4 is 39.6 Å². The fourth-order valence-electron chi connectivity index (χ4n) is 4.45. The number of fused-ring (bicyclic) bond motifs is 2.